The van der Waals surface area contributed by atoms with Crippen molar-refractivity contribution in [2.24, 2.45) is 0 Å². The highest BCUT2D eigenvalue weighted by atomic mass is 79.9. The van der Waals surface area contributed by atoms with Crippen molar-refractivity contribution in [1.82, 2.24) is 15.2 Å². The molecular weight excluding hydrogens is 380 g/mol. The van der Waals surface area contributed by atoms with Crippen LogP contribution in [0.1, 0.15) is 15.5 Å². The van der Waals surface area contributed by atoms with Gasteiger partial charge >= 0.3 is 0 Å². The van der Waals surface area contributed by atoms with Crippen molar-refractivity contribution in [2.75, 3.05) is 5.32 Å². The summed E-state index contributed by atoms with van der Waals surface area (Å²) in [6.45, 7) is 1.84. The van der Waals surface area contributed by atoms with Crippen LogP contribution in [0.15, 0.2) is 21.3 Å². The van der Waals surface area contributed by atoms with E-state index in [1.54, 1.807) is 16.7 Å². The normalized spacial score (nSPS) is 10.7. The molecule has 0 aliphatic rings. The van der Waals surface area contributed by atoms with E-state index >= 15 is 0 Å². The van der Waals surface area contributed by atoms with Gasteiger partial charge in [-0.2, -0.15) is 0 Å². The number of carbonyl (C=O) groups excluding carboxylic acids is 1. The molecule has 0 saturated carbocycles. The summed E-state index contributed by atoms with van der Waals surface area (Å²) < 4.78 is 1.02. The summed E-state index contributed by atoms with van der Waals surface area (Å²) in [4.78, 5) is 17.4. The fourth-order valence-electron chi connectivity index (χ4n) is 1.42. The third-order valence-corrected chi connectivity index (χ3v) is 5.72. The number of thiophene rings is 1. The molecule has 0 aliphatic heterocycles. The third-order valence-electron chi connectivity index (χ3n) is 2.26. The minimum Gasteiger partial charge on any atom is -0.295 e. The lowest BCUT2D eigenvalue weighted by atomic mass is 10.4. The maximum atomic E-state index is 12.0. The smallest absolute Gasteiger partial charge is 0.276 e. The van der Waals surface area contributed by atoms with Gasteiger partial charge in [0.15, 0.2) is 0 Å². The van der Waals surface area contributed by atoms with Crippen molar-refractivity contribution >= 4 is 61.0 Å². The summed E-state index contributed by atoms with van der Waals surface area (Å²) >= 11 is 7.77. The standard InChI is InChI=1S/C11H7BrN4OS3/c1-5-15-16-11(20-5)14-9(17)7-4-19-10(13-7)8-2-6(12)3-18-8/h2-4H,1H3,(H,14,16,17). The van der Waals surface area contributed by atoms with Crippen molar-refractivity contribution in [2.45, 2.75) is 6.92 Å². The second-order valence-electron chi connectivity index (χ2n) is 3.75. The SMILES string of the molecule is Cc1nnc(NC(=O)c2csc(-c3cc(Br)cs3)n2)s1. The van der Waals surface area contributed by atoms with Crippen LogP contribution in [-0.4, -0.2) is 21.1 Å². The fraction of sp³-hybridized carbons (Fsp3) is 0.0909. The molecule has 5 nitrogen and oxygen atoms in total. The molecular formula is C11H7BrN4OS3. The van der Waals surface area contributed by atoms with Crippen molar-refractivity contribution in [3.63, 3.8) is 0 Å². The van der Waals surface area contributed by atoms with Crippen LogP contribution in [0.3, 0.4) is 0 Å². The number of carbonyl (C=O) groups is 1. The Labute approximate surface area is 134 Å². The lowest BCUT2D eigenvalue weighted by Gasteiger charge is -1.95. The number of aromatic nitrogens is 3. The van der Waals surface area contributed by atoms with Gasteiger partial charge in [0.25, 0.3) is 5.91 Å². The van der Waals surface area contributed by atoms with E-state index in [-0.39, 0.29) is 5.91 Å². The number of nitrogens with one attached hydrogen (secondary N) is 1. The molecule has 3 aromatic heterocycles. The molecule has 3 heterocycles. The van der Waals surface area contributed by atoms with Gasteiger partial charge < -0.3 is 0 Å². The monoisotopic (exact) mass is 386 g/mol. The Kier molecular flexibility index (Phi) is 3.92. The fourth-order valence-corrected chi connectivity index (χ4v) is 4.32. The van der Waals surface area contributed by atoms with Crippen LogP contribution in [-0.2, 0) is 0 Å². The highest BCUT2D eigenvalue weighted by molar-refractivity contribution is 9.10. The van der Waals surface area contributed by atoms with Crippen LogP contribution in [0.25, 0.3) is 9.88 Å². The topological polar surface area (TPSA) is 67.8 Å². The predicted octanol–water partition coefficient (Wildman–Crippen LogP) is 4.05. The van der Waals surface area contributed by atoms with Gasteiger partial charge in [-0.1, -0.05) is 11.3 Å². The predicted molar refractivity (Wildman–Crippen MR) is 85.7 cm³/mol. The van der Waals surface area contributed by atoms with E-state index in [2.05, 4.69) is 36.4 Å². The van der Waals surface area contributed by atoms with Gasteiger partial charge in [0.05, 0.1) is 4.88 Å². The van der Waals surface area contributed by atoms with Crippen LogP contribution in [0, 0.1) is 6.92 Å². The van der Waals surface area contributed by atoms with E-state index in [1.807, 2.05) is 18.4 Å². The molecule has 1 amide bonds. The highest BCUT2D eigenvalue weighted by Crippen LogP contribution is 2.32. The number of nitrogens with zero attached hydrogens (tertiary/aromatic N) is 3. The van der Waals surface area contributed by atoms with Crippen molar-refractivity contribution in [3.05, 3.63) is 32.0 Å². The summed E-state index contributed by atoms with van der Waals surface area (Å²) in [6.07, 6.45) is 0. The van der Waals surface area contributed by atoms with Gasteiger partial charge in [0, 0.05) is 15.2 Å². The molecule has 9 heteroatoms. The Balaban J connectivity index is 1.78. The first kappa shape index (κ1) is 13.8. The molecule has 0 unspecified atom stereocenters. The van der Waals surface area contributed by atoms with E-state index < -0.39 is 0 Å². The van der Waals surface area contributed by atoms with Crippen molar-refractivity contribution in [1.29, 1.82) is 0 Å². The Hall–Kier alpha value is -1.16. The van der Waals surface area contributed by atoms with Crippen molar-refractivity contribution < 1.29 is 4.79 Å². The van der Waals surface area contributed by atoms with E-state index in [0.717, 1.165) is 19.4 Å². The second kappa shape index (κ2) is 5.68. The maximum absolute atomic E-state index is 12.0. The maximum Gasteiger partial charge on any atom is 0.276 e. The molecule has 0 spiro atoms. The Morgan fingerprint density at radius 3 is 2.80 bits per heavy atom. The molecule has 0 atom stereocenters. The van der Waals surface area contributed by atoms with Gasteiger partial charge in [-0.05, 0) is 28.9 Å². The molecule has 20 heavy (non-hydrogen) atoms. The number of rotatable bonds is 3. The molecule has 102 valence electrons. The van der Waals surface area contributed by atoms with Crippen LogP contribution in [0.5, 0.6) is 0 Å². The van der Waals surface area contributed by atoms with Crippen LogP contribution >= 0.6 is 49.9 Å². The average molecular weight is 387 g/mol. The van der Waals surface area contributed by atoms with Gasteiger partial charge in [0.2, 0.25) is 5.13 Å². The van der Waals surface area contributed by atoms with Crippen LogP contribution in [0.2, 0.25) is 0 Å². The summed E-state index contributed by atoms with van der Waals surface area (Å²) in [5.74, 6) is -0.265. The van der Waals surface area contributed by atoms with Gasteiger partial charge in [0.1, 0.15) is 15.7 Å². The summed E-state index contributed by atoms with van der Waals surface area (Å²) in [5, 5.41) is 16.3. The van der Waals surface area contributed by atoms with Crippen molar-refractivity contribution in [3.8, 4) is 9.88 Å². The van der Waals surface area contributed by atoms with Gasteiger partial charge in [-0.15, -0.1) is 32.9 Å². The quantitative estimate of drug-likeness (QED) is 0.736. The number of hydrogen-bond acceptors (Lipinski definition) is 7. The minimum atomic E-state index is -0.265. The molecule has 0 saturated heterocycles. The number of thiazole rings is 1. The second-order valence-corrected chi connectivity index (χ2v) is 7.61. The number of anilines is 1. The lowest BCUT2D eigenvalue weighted by Crippen LogP contribution is -2.12. The highest BCUT2D eigenvalue weighted by Gasteiger charge is 2.14. The van der Waals surface area contributed by atoms with E-state index in [4.69, 9.17) is 0 Å². The summed E-state index contributed by atoms with van der Waals surface area (Å²) in [6, 6.07) is 1.99. The number of aryl methyl sites for hydroxylation is 1. The van der Waals surface area contributed by atoms with Gasteiger partial charge in [-0.3, -0.25) is 10.1 Å². The first-order chi connectivity index (χ1) is 9.61. The summed E-state index contributed by atoms with van der Waals surface area (Å²) in [5.41, 5.74) is 0.391. The zero-order chi connectivity index (χ0) is 14.1. The molecule has 0 bridgehead atoms. The Bertz CT molecular complexity index is 763. The first-order valence-electron chi connectivity index (χ1n) is 5.43. The van der Waals surface area contributed by atoms with Crippen LogP contribution in [0.4, 0.5) is 5.13 Å². The van der Waals surface area contributed by atoms with Gasteiger partial charge in [-0.25, -0.2) is 4.98 Å². The molecule has 0 radical (unpaired) electrons. The Morgan fingerprint density at radius 1 is 1.30 bits per heavy atom. The Morgan fingerprint density at radius 2 is 2.15 bits per heavy atom. The molecule has 0 fully saturated rings. The molecule has 3 rings (SSSR count). The number of halogens is 1. The zero-order valence-electron chi connectivity index (χ0n) is 10.1. The van der Waals surface area contributed by atoms with Crippen LogP contribution < -0.4 is 5.32 Å². The minimum absolute atomic E-state index is 0.265. The number of hydrogen-bond donors (Lipinski definition) is 1. The average Bonchev–Trinajstić information content (AvgIpc) is 3.10. The molecule has 0 aromatic carbocycles. The largest absolute Gasteiger partial charge is 0.295 e. The molecule has 1 N–H and O–H groups in total. The van der Waals surface area contributed by atoms with E-state index in [0.29, 0.717) is 10.8 Å². The molecule has 0 aliphatic carbocycles. The third kappa shape index (κ3) is 2.95. The zero-order valence-corrected chi connectivity index (χ0v) is 14.1. The number of amides is 1. The lowest BCUT2D eigenvalue weighted by molar-refractivity contribution is 0.102. The first-order valence-corrected chi connectivity index (χ1v) is 8.80. The van der Waals surface area contributed by atoms with E-state index in [1.165, 1.54) is 22.7 Å². The molecule has 3 aromatic rings. The summed E-state index contributed by atoms with van der Waals surface area (Å²) in [7, 11) is 0. The van der Waals surface area contributed by atoms with E-state index in [9.17, 15) is 4.79 Å².